The minimum absolute atomic E-state index is 0.238. The van der Waals surface area contributed by atoms with E-state index in [2.05, 4.69) is 39.0 Å². The van der Waals surface area contributed by atoms with Crippen LogP contribution in [0.15, 0.2) is 36.4 Å². The van der Waals surface area contributed by atoms with Crippen molar-refractivity contribution >= 4 is 34.6 Å². The summed E-state index contributed by atoms with van der Waals surface area (Å²) in [5.41, 5.74) is 0.587. The largest absolute Gasteiger partial charge is 0.494 e. The lowest BCUT2D eigenvalue weighted by molar-refractivity contribution is -0.175. The van der Waals surface area contributed by atoms with E-state index < -0.39 is 34.0 Å². The normalized spacial score (nSPS) is 27.8. The van der Waals surface area contributed by atoms with Crippen LogP contribution in [0.1, 0.15) is 97.8 Å². The Morgan fingerprint density at radius 1 is 0.784 bits per heavy atom. The maximum Gasteiger partial charge on any atom is 0.356 e. The van der Waals surface area contributed by atoms with Gasteiger partial charge in [-0.25, -0.2) is 9.59 Å². The van der Waals surface area contributed by atoms with E-state index in [9.17, 15) is 19.2 Å². The van der Waals surface area contributed by atoms with Gasteiger partial charge in [-0.3, -0.25) is 9.59 Å². The summed E-state index contributed by atoms with van der Waals surface area (Å²) in [5.74, 6) is -1.59. The van der Waals surface area contributed by atoms with Gasteiger partial charge in [0, 0.05) is 32.7 Å². The molecule has 2 aliphatic heterocycles. The minimum atomic E-state index is -1.41. The van der Waals surface area contributed by atoms with Crippen molar-refractivity contribution in [3.8, 4) is 28.4 Å². The molecule has 0 N–H and O–H groups in total. The first kappa shape index (κ1) is 33.7. The highest BCUT2D eigenvalue weighted by Gasteiger charge is 2.72. The van der Waals surface area contributed by atoms with Crippen LogP contribution in [-0.4, -0.2) is 41.7 Å². The molecule has 9 heteroatoms. The van der Waals surface area contributed by atoms with E-state index in [4.69, 9.17) is 23.7 Å². The van der Waals surface area contributed by atoms with Crippen molar-refractivity contribution in [2.24, 2.45) is 22.7 Å². The number of ether oxygens (including phenoxy) is 5. The number of hydrogen-bond acceptors (Lipinski definition) is 9. The smallest absolute Gasteiger partial charge is 0.356 e. The van der Waals surface area contributed by atoms with Crippen LogP contribution in [-0.2, 0) is 46.9 Å². The van der Waals surface area contributed by atoms with Gasteiger partial charge in [0.2, 0.25) is 11.2 Å². The van der Waals surface area contributed by atoms with Crippen molar-refractivity contribution in [1.82, 2.24) is 0 Å². The van der Waals surface area contributed by atoms with Gasteiger partial charge in [-0.15, -0.1) is 0 Å². The average Bonchev–Trinajstić information content (AvgIpc) is 3.64. The molecule has 8 rings (SSSR count). The number of aryl methyl sites for hydroxylation is 1. The molecule has 0 amide bonds. The summed E-state index contributed by atoms with van der Waals surface area (Å²) in [4.78, 5) is 54.2. The zero-order valence-corrected chi connectivity index (χ0v) is 30.7. The quantitative estimate of drug-likeness (QED) is 0.190. The van der Waals surface area contributed by atoms with Crippen LogP contribution in [0.25, 0.3) is 21.9 Å². The fourth-order valence-electron chi connectivity index (χ4n) is 9.92. The number of carbonyl (C=O) groups is 4. The summed E-state index contributed by atoms with van der Waals surface area (Å²) in [5, 5.41) is 1.12. The first-order chi connectivity index (χ1) is 24.0. The lowest BCUT2D eigenvalue weighted by Crippen LogP contribution is -2.49. The van der Waals surface area contributed by atoms with Gasteiger partial charge in [-0.2, -0.15) is 0 Å². The summed E-state index contributed by atoms with van der Waals surface area (Å²) in [6.45, 7) is 16.4. The molecule has 4 bridgehead atoms. The van der Waals surface area contributed by atoms with Crippen molar-refractivity contribution in [3.05, 3.63) is 53.1 Å². The second-order valence-corrected chi connectivity index (χ2v) is 17.1. The third-order valence-electron chi connectivity index (χ3n) is 13.0. The van der Waals surface area contributed by atoms with Crippen LogP contribution in [0.4, 0.5) is 0 Å². The van der Waals surface area contributed by atoms with Crippen molar-refractivity contribution < 1.29 is 42.9 Å². The molecular weight excluding hydrogens is 648 g/mol. The number of rotatable bonds is 6. The van der Waals surface area contributed by atoms with Gasteiger partial charge in [0.15, 0.2) is 0 Å². The Hall–Kier alpha value is -4.40. The van der Waals surface area contributed by atoms with Crippen LogP contribution < -0.4 is 14.2 Å². The van der Waals surface area contributed by atoms with E-state index in [1.165, 1.54) is 0 Å². The average molecular weight is 695 g/mol. The Bertz CT molecular complexity index is 2070. The van der Waals surface area contributed by atoms with Crippen LogP contribution in [0.2, 0.25) is 0 Å². The molecule has 51 heavy (non-hydrogen) atoms. The molecule has 0 aromatic heterocycles. The molecule has 4 atom stereocenters. The van der Waals surface area contributed by atoms with E-state index in [0.29, 0.717) is 55.2 Å². The van der Waals surface area contributed by atoms with Crippen LogP contribution in [0.3, 0.4) is 0 Å². The Morgan fingerprint density at radius 3 is 1.86 bits per heavy atom. The van der Waals surface area contributed by atoms with Crippen molar-refractivity contribution in [3.63, 3.8) is 0 Å². The topological polar surface area (TPSA) is 114 Å². The molecule has 3 aliphatic carbocycles. The number of fused-ring (bicyclic) bond motifs is 9. The van der Waals surface area contributed by atoms with Crippen LogP contribution >= 0.6 is 0 Å². The highest BCUT2D eigenvalue weighted by Crippen LogP contribution is 2.61. The Balaban J connectivity index is 1.36. The summed E-state index contributed by atoms with van der Waals surface area (Å²) >= 11 is 0. The van der Waals surface area contributed by atoms with Gasteiger partial charge >= 0.3 is 23.9 Å². The Labute approximate surface area is 298 Å². The lowest BCUT2D eigenvalue weighted by atomic mass is 9.74. The molecule has 0 spiro atoms. The molecule has 4 fully saturated rings. The van der Waals surface area contributed by atoms with Crippen molar-refractivity contribution in [2.75, 3.05) is 6.61 Å². The third-order valence-corrected chi connectivity index (χ3v) is 13.0. The number of esters is 4. The summed E-state index contributed by atoms with van der Waals surface area (Å²) in [7, 11) is 0. The van der Waals surface area contributed by atoms with E-state index >= 15 is 0 Å². The van der Waals surface area contributed by atoms with E-state index in [1.54, 1.807) is 12.1 Å². The van der Waals surface area contributed by atoms with Crippen LogP contribution in [0, 0.1) is 22.7 Å². The zero-order valence-electron chi connectivity index (χ0n) is 30.7. The van der Waals surface area contributed by atoms with Gasteiger partial charge < -0.3 is 23.7 Å². The van der Waals surface area contributed by atoms with E-state index in [0.717, 1.165) is 34.2 Å². The predicted octanol–water partition coefficient (Wildman–Crippen LogP) is 7.58. The number of benzene rings is 3. The molecular formula is C42H46O9. The van der Waals surface area contributed by atoms with Crippen molar-refractivity contribution in [1.29, 1.82) is 0 Å². The second-order valence-electron chi connectivity index (χ2n) is 17.1. The standard InChI is InChI=1S/C42H46O9/c1-9-47-30-21-24-28(48-36(45)41-19-17-26(34(43)50-41)39(41,5)6)15-16-29(49-37(46)42-20-18-27(35(44)51-42)40(42,7)8)32(24)33-23(30)14-13-22-11-10-12-25(31(22)33)38(2,3)4/h10-12,15-16,21,26-27H,9,13-14,17-20H2,1-8H3. The maximum atomic E-state index is 14.4. The lowest BCUT2D eigenvalue weighted by Gasteiger charge is -2.34. The van der Waals surface area contributed by atoms with E-state index in [-0.39, 0.29) is 40.7 Å². The van der Waals surface area contributed by atoms with Gasteiger partial charge in [0.25, 0.3) is 0 Å². The van der Waals surface area contributed by atoms with Gasteiger partial charge in [0.05, 0.1) is 18.4 Å². The Kier molecular flexibility index (Phi) is 7.15. The number of carbonyl (C=O) groups excluding carboxylic acids is 4. The van der Waals surface area contributed by atoms with Gasteiger partial charge in [0.1, 0.15) is 17.2 Å². The third kappa shape index (κ3) is 4.38. The van der Waals surface area contributed by atoms with Gasteiger partial charge in [-0.1, -0.05) is 66.7 Å². The fourth-order valence-corrected chi connectivity index (χ4v) is 9.92. The summed E-state index contributed by atoms with van der Waals surface area (Å²) in [6.07, 6.45) is 3.33. The zero-order chi connectivity index (χ0) is 36.5. The monoisotopic (exact) mass is 694 g/mol. The molecule has 4 unspecified atom stereocenters. The molecule has 2 saturated heterocycles. The highest BCUT2D eigenvalue weighted by atomic mass is 16.6. The molecule has 3 aromatic carbocycles. The molecule has 2 saturated carbocycles. The van der Waals surface area contributed by atoms with E-state index in [1.807, 2.05) is 40.7 Å². The maximum absolute atomic E-state index is 14.4. The Morgan fingerprint density at radius 2 is 1.35 bits per heavy atom. The fraction of sp³-hybridized carbons (Fsp3) is 0.524. The minimum Gasteiger partial charge on any atom is -0.494 e. The molecule has 5 aliphatic rings. The second kappa shape index (κ2) is 10.8. The molecule has 268 valence electrons. The van der Waals surface area contributed by atoms with Crippen molar-refractivity contribution in [2.45, 2.75) is 111 Å². The first-order valence-electron chi connectivity index (χ1n) is 18.3. The van der Waals surface area contributed by atoms with Gasteiger partial charge in [-0.05, 0) is 85.8 Å². The highest BCUT2D eigenvalue weighted by molar-refractivity contribution is 6.10. The predicted molar refractivity (Wildman–Crippen MR) is 189 cm³/mol. The summed E-state index contributed by atoms with van der Waals surface area (Å²) in [6, 6.07) is 11.5. The number of hydrogen-bond donors (Lipinski definition) is 0. The van der Waals surface area contributed by atoms with Crippen LogP contribution in [0.5, 0.6) is 17.2 Å². The molecule has 0 radical (unpaired) electrons. The molecule has 9 nitrogen and oxygen atoms in total. The molecule has 2 heterocycles. The summed E-state index contributed by atoms with van der Waals surface area (Å²) < 4.78 is 30.7. The first-order valence-corrected chi connectivity index (χ1v) is 18.3. The SMILES string of the molecule is CCOc1cc2c(OC(=O)C34CCC(C(=O)O3)C4(C)C)ccc(OC(=O)C34CCC(C(=O)O3)C4(C)C)c2c2c1CCc1cccc(C(C)(C)C)c1-2. The molecule has 3 aromatic rings.